The molecule has 2 rings (SSSR count). The van der Waals surface area contributed by atoms with Gasteiger partial charge in [-0.05, 0) is 82.3 Å². The van der Waals surface area contributed by atoms with E-state index in [2.05, 4.69) is 90.3 Å². The van der Waals surface area contributed by atoms with E-state index in [0.717, 1.165) is 54.4 Å². The molecular formula is C26H42N2O+2. The maximum absolute atomic E-state index is 10.5. The summed E-state index contributed by atoms with van der Waals surface area (Å²) in [6.45, 7) is 13.3. The van der Waals surface area contributed by atoms with Crippen LogP contribution < -0.4 is 8.97 Å². The van der Waals surface area contributed by atoms with Gasteiger partial charge in [-0.1, -0.05) is 24.3 Å². The Kier molecular flexibility index (Phi) is 8.45. The zero-order chi connectivity index (χ0) is 21.5. The van der Waals surface area contributed by atoms with E-state index >= 15 is 0 Å². The molecule has 0 aliphatic heterocycles. The Morgan fingerprint density at radius 2 is 1.03 bits per heavy atom. The summed E-state index contributed by atoms with van der Waals surface area (Å²) >= 11 is 0. The third-order valence-electron chi connectivity index (χ3n) is 7.15. The van der Waals surface area contributed by atoms with Crippen molar-refractivity contribution >= 4 is 11.4 Å². The van der Waals surface area contributed by atoms with Gasteiger partial charge in [0.1, 0.15) is 11.4 Å². The Balaban J connectivity index is 1.91. The van der Waals surface area contributed by atoms with E-state index in [9.17, 15) is 5.11 Å². The maximum Gasteiger partial charge on any atom is 0.132 e. The summed E-state index contributed by atoms with van der Waals surface area (Å²) in [6.07, 6.45) is 2.14. The van der Waals surface area contributed by atoms with Gasteiger partial charge in [0.15, 0.2) is 0 Å². The number of hydrogen-bond acceptors (Lipinski definition) is 1. The Morgan fingerprint density at radius 1 is 0.655 bits per heavy atom. The Hall–Kier alpha value is -1.68. The lowest BCUT2D eigenvalue weighted by atomic mass is 10.0. The van der Waals surface area contributed by atoms with Gasteiger partial charge in [0.2, 0.25) is 0 Å². The van der Waals surface area contributed by atoms with Crippen LogP contribution in [0.3, 0.4) is 0 Å². The van der Waals surface area contributed by atoms with Crippen molar-refractivity contribution in [3.05, 3.63) is 59.7 Å². The maximum atomic E-state index is 10.5. The number of nitrogens with zero attached hydrogens (tertiary/aromatic N) is 2. The molecule has 1 unspecified atom stereocenters. The number of aryl methyl sites for hydroxylation is 1. The first kappa shape index (κ1) is 23.6. The molecule has 1 atom stereocenters. The lowest BCUT2D eigenvalue weighted by Gasteiger charge is -2.31. The number of quaternary nitrogens is 2. The average Bonchev–Trinajstić information content (AvgIpc) is 2.77. The second kappa shape index (κ2) is 10.4. The molecule has 0 aromatic heterocycles. The van der Waals surface area contributed by atoms with Crippen molar-refractivity contribution in [3.8, 4) is 0 Å². The van der Waals surface area contributed by atoms with E-state index in [4.69, 9.17) is 0 Å². The van der Waals surface area contributed by atoms with Crippen LogP contribution >= 0.6 is 0 Å². The zero-order valence-corrected chi connectivity index (χ0v) is 19.5. The first-order valence-electron chi connectivity index (χ1n) is 11.4. The quantitative estimate of drug-likeness (QED) is 0.517. The highest BCUT2D eigenvalue weighted by molar-refractivity contribution is 5.44. The molecule has 29 heavy (non-hydrogen) atoms. The molecule has 2 aromatic rings. The van der Waals surface area contributed by atoms with E-state index < -0.39 is 0 Å². The van der Waals surface area contributed by atoms with Gasteiger partial charge in [0.25, 0.3) is 0 Å². The first-order valence-corrected chi connectivity index (χ1v) is 11.4. The average molecular weight is 399 g/mol. The molecule has 3 nitrogen and oxygen atoms in total. The van der Waals surface area contributed by atoms with Crippen molar-refractivity contribution < 1.29 is 5.11 Å². The predicted octanol–water partition coefficient (Wildman–Crippen LogP) is 5.18. The van der Waals surface area contributed by atoms with Gasteiger partial charge in [0, 0.05) is 0 Å². The van der Waals surface area contributed by atoms with Crippen molar-refractivity contribution in [2.45, 2.75) is 53.1 Å². The van der Waals surface area contributed by atoms with Crippen molar-refractivity contribution in [1.82, 2.24) is 8.97 Å². The first-order chi connectivity index (χ1) is 13.8. The standard InChI is InChI=1S/C26H42N2O/c1-7-27(5,8-2)24-16-11-22(12-17-24)15-20-26(29)21-23-13-18-25(19-14-23)28(6,9-3)10-4/h11-14,16-19,26,29H,7-10,15,20-21H2,1-6H3/q+2. The molecule has 1 N–H and O–H groups in total. The zero-order valence-electron chi connectivity index (χ0n) is 19.5. The predicted molar refractivity (Wildman–Crippen MR) is 129 cm³/mol. The van der Waals surface area contributed by atoms with Gasteiger partial charge < -0.3 is 5.11 Å². The minimum absolute atomic E-state index is 0.300. The molecule has 0 aliphatic rings. The van der Waals surface area contributed by atoms with Crippen molar-refractivity contribution in [3.63, 3.8) is 0 Å². The molecule has 3 heteroatoms. The molecule has 0 saturated carbocycles. The summed E-state index contributed by atoms with van der Waals surface area (Å²) in [4.78, 5) is 0. The van der Waals surface area contributed by atoms with Crippen LogP contribution in [0.1, 0.15) is 45.2 Å². The molecular weight excluding hydrogens is 356 g/mol. The van der Waals surface area contributed by atoms with Gasteiger partial charge >= 0.3 is 0 Å². The smallest absolute Gasteiger partial charge is 0.132 e. The molecule has 2 aromatic carbocycles. The number of benzene rings is 2. The molecule has 0 spiro atoms. The normalized spacial score (nSPS) is 13.5. The van der Waals surface area contributed by atoms with E-state index in [0.29, 0.717) is 0 Å². The molecule has 0 bridgehead atoms. The lowest BCUT2D eigenvalue weighted by Crippen LogP contribution is -2.44. The second-order valence-corrected chi connectivity index (χ2v) is 8.79. The monoisotopic (exact) mass is 398 g/mol. The van der Waals surface area contributed by atoms with Crippen LogP contribution in [-0.4, -0.2) is 51.5 Å². The van der Waals surface area contributed by atoms with Crippen molar-refractivity contribution in [1.29, 1.82) is 0 Å². The Bertz CT molecular complexity index is 728. The Morgan fingerprint density at radius 3 is 1.41 bits per heavy atom. The molecule has 160 valence electrons. The van der Waals surface area contributed by atoms with Gasteiger partial charge in [0.05, 0.1) is 46.4 Å². The van der Waals surface area contributed by atoms with Crippen LogP contribution in [0.4, 0.5) is 11.4 Å². The Labute approximate surface area is 178 Å². The third-order valence-corrected chi connectivity index (χ3v) is 7.15. The number of aliphatic hydroxyl groups excluding tert-OH is 1. The SMILES string of the molecule is CC[N+](C)(CC)c1ccc(CCC(O)Cc2ccc([N+](C)(CC)CC)cc2)cc1. The van der Waals surface area contributed by atoms with E-state index in [1.165, 1.54) is 22.5 Å². The van der Waals surface area contributed by atoms with Gasteiger partial charge in [-0.3, -0.25) is 8.97 Å². The number of hydrogen-bond donors (Lipinski definition) is 1. The minimum atomic E-state index is -0.300. The summed E-state index contributed by atoms with van der Waals surface area (Å²) in [5.74, 6) is 0. The summed E-state index contributed by atoms with van der Waals surface area (Å²) in [5.41, 5.74) is 5.23. The van der Waals surface area contributed by atoms with Crippen molar-refractivity contribution in [2.75, 3.05) is 40.3 Å². The highest BCUT2D eigenvalue weighted by Crippen LogP contribution is 2.23. The summed E-state index contributed by atoms with van der Waals surface area (Å²) < 4.78 is 1.92. The van der Waals surface area contributed by atoms with Crippen LogP contribution in [-0.2, 0) is 12.8 Å². The van der Waals surface area contributed by atoms with Crippen LogP contribution in [0.25, 0.3) is 0 Å². The van der Waals surface area contributed by atoms with E-state index in [1.807, 2.05) is 0 Å². The van der Waals surface area contributed by atoms with Crippen LogP contribution in [0.2, 0.25) is 0 Å². The summed E-state index contributed by atoms with van der Waals surface area (Å²) in [5, 5.41) is 10.5. The van der Waals surface area contributed by atoms with Gasteiger partial charge in [-0.15, -0.1) is 0 Å². The second-order valence-electron chi connectivity index (χ2n) is 8.79. The molecule has 0 radical (unpaired) electrons. The minimum Gasteiger partial charge on any atom is -0.393 e. The summed E-state index contributed by atoms with van der Waals surface area (Å²) in [7, 11) is 4.56. The number of rotatable bonds is 11. The molecule has 0 fully saturated rings. The van der Waals surface area contributed by atoms with Gasteiger partial charge in [-0.2, -0.15) is 0 Å². The fourth-order valence-corrected chi connectivity index (χ4v) is 3.90. The third kappa shape index (κ3) is 5.91. The van der Waals surface area contributed by atoms with E-state index in [1.54, 1.807) is 0 Å². The molecule has 0 amide bonds. The van der Waals surface area contributed by atoms with Crippen LogP contribution in [0.15, 0.2) is 48.5 Å². The largest absolute Gasteiger partial charge is 0.393 e. The number of aliphatic hydroxyl groups is 1. The highest BCUT2D eigenvalue weighted by Gasteiger charge is 2.21. The topological polar surface area (TPSA) is 20.2 Å². The summed E-state index contributed by atoms with van der Waals surface area (Å²) in [6, 6.07) is 17.8. The van der Waals surface area contributed by atoms with Gasteiger partial charge in [-0.25, -0.2) is 0 Å². The molecule has 0 aliphatic carbocycles. The fraction of sp³-hybridized carbons (Fsp3) is 0.538. The van der Waals surface area contributed by atoms with Crippen molar-refractivity contribution in [2.24, 2.45) is 0 Å². The van der Waals surface area contributed by atoms with E-state index in [-0.39, 0.29) is 6.10 Å². The van der Waals surface area contributed by atoms with Crippen LogP contribution in [0, 0.1) is 0 Å². The van der Waals surface area contributed by atoms with Crippen LogP contribution in [0.5, 0.6) is 0 Å². The molecule has 0 saturated heterocycles. The molecule has 0 heterocycles. The lowest BCUT2D eigenvalue weighted by molar-refractivity contribution is 0.165. The fourth-order valence-electron chi connectivity index (χ4n) is 3.90. The highest BCUT2D eigenvalue weighted by atomic mass is 16.3.